The number of nitrogens with one attached hydrogen (secondary N) is 2. The number of carbonyl (C=O) groups is 2. The molecule has 1 aromatic rings. The van der Waals surface area contributed by atoms with Gasteiger partial charge in [-0.1, -0.05) is 6.07 Å². The van der Waals surface area contributed by atoms with Crippen molar-refractivity contribution in [2.24, 2.45) is 0 Å². The Morgan fingerprint density at radius 2 is 1.94 bits per heavy atom. The summed E-state index contributed by atoms with van der Waals surface area (Å²) in [7, 11) is 3.81. The fraction of sp³-hybridized carbons (Fsp3) is 0.333. The van der Waals surface area contributed by atoms with Crippen LogP contribution in [-0.2, 0) is 9.59 Å². The van der Waals surface area contributed by atoms with Crippen LogP contribution in [0.4, 0.5) is 11.4 Å². The Kier molecular flexibility index (Phi) is 4.51. The van der Waals surface area contributed by atoms with E-state index < -0.39 is 11.8 Å². The van der Waals surface area contributed by atoms with Crippen molar-refractivity contribution in [1.29, 1.82) is 0 Å². The molecule has 0 heterocycles. The van der Waals surface area contributed by atoms with Gasteiger partial charge in [-0.2, -0.15) is 0 Å². The molecule has 0 radical (unpaired) electrons. The highest BCUT2D eigenvalue weighted by atomic mass is 16.2. The highest BCUT2D eigenvalue weighted by molar-refractivity contribution is 6.39. The minimum absolute atomic E-state index is 0.435. The predicted octanol–water partition coefficient (Wildman–Crippen LogP) is 0.827. The molecule has 5 nitrogen and oxygen atoms in total. The summed E-state index contributed by atoms with van der Waals surface area (Å²) in [4.78, 5) is 24.6. The zero-order chi connectivity index (χ0) is 12.8. The number of hydrogen-bond acceptors (Lipinski definition) is 3. The lowest BCUT2D eigenvalue weighted by Crippen LogP contribution is -2.35. The Hall–Kier alpha value is -2.04. The zero-order valence-corrected chi connectivity index (χ0v) is 10.3. The highest BCUT2D eigenvalue weighted by Gasteiger charge is 2.12. The zero-order valence-electron chi connectivity index (χ0n) is 10.3. The second-order valence-corrected chi connectivity index (χ2v) is 3.76. The van der Waals surface area contributed by atoms with Gasteiger partial charge in [0.2, 0.25) is 0 Å². The van der Waals surface area contributed by atoms with E-state index in [2.05, 4.69) is 10.6 Å². The largest absolute Gasteiger partial charge is 0.378 e. The van der Waals surface area contributed by atoms with Gasteiger partial charge in [0.25, 0.3) is 0 Å². The van der Waals surface area contributed by atoms with Crippen LogP contribution in [0.25, 0.3) is 0 Å². The molecule has 2 amide bonds. The Labute approximate surface area is 101 Å². The second kappa shape index (κ2) is 5.89. The molecule has 0 fully saturated rings. The minimum Gasteiger partial charge on any atom is -0.378 e. The van der Waals surface area contributed by atoms with E-state index in [0.29, 0.717) is 12.2 Å². The lowest BCUT2D eigenvalue weighted by Gasteiger charge is -2.13. The first kappa shape index (κ1) is 13.0. The van der Waals surface area contributed by atoms with Crippen LogP contribution >= 0.6 is 0 Å². The van der Waals surface area contributed by atoms with Crippen LogP contribution in [0.15, 0.2) is 24.3 Å². The number of benzene rings is 1. The van der Waals surface area contributed by atoms with E-state index in [4.69, 9.17) is 0 Å². The summed E-state index contributed by atoms with van der Waals surface area (Å²) in [5.41, 5.74) is 1.56. The van der Waals surface area contributed by atoms with E-state index in [0.717, 1.165) is 5.69 Å². The van der Waals surface area contributed by atoms with Gasteiger partial charge in [-0.25, -0.2) is 0 Å². The molecule has 0 unspecified atom stereocenters. The van der Waals surface area contributed by atoms with Crippen LogP contribution in [0, 0.1) is 0 Å². The third-order valence-electron chi connectivity index (χ3n) is 2.16. The van der Waals surface area contributed by atoms with Crippen molar-refractivity contribution < 1.29 is 9.59 Å². The molecule has 0 saturated carbocycles. The molecule has 0 aliphatic rings. The van der Waals surface area contributed by atoms with Crippen molar-refractivity contribution in [3.05, 3.63) is 24.3 Å². The maximum atomic E-state index is 11.4. The third-order valence-corrected chi connectivity index (χ3v) is 2.16. The average molecular weight is 235 g/mol. The molecule has 0 aromatic heterocycles. The fourth-order valence-corrected chi connectivity index (χ4v) is 1.29. The van der Waals surface area contributed by atoms with Crippen molar-refractivity contribution in [3.8, 4) is 0 Å². The molecule has 0 saturated heterocycles. The SMILES string of the molecule is CCNC(=O)C(=O)Nc1cccc(N(C)C)c1. The third kappa shape index (κ3) is 3.79. The van der Waals surface area contributed by atoms with Crippen LogP contribution < -0.4 is 15.5 Å². The summed E-state index contributed by atoms with van der Waals surface area (Å²) in [6.07, 6.45) is 0. The molecule has 1 aromatic carbocycles. The van der Waals surface area contributed by atoms with E-state index in [1.165, 1.54) is 0 Å². The van der Waals surface area contributed by atoms with Gasteiger partial charge in [-0.15, -0.1) is 0 Å². The summed E-state index contributed by atoms with van der Waals surface area (Å²) in [5.74, 6) is -1.27. The minimum atomic E-state index is -0.650. The molecule has 1 rings (SSSR count). The van der Waals surface area contributed by atoms with E-state index in [1.807, 2.05) is 31.1 Å². The number of nitrogens with zero attached hydrogens (tertiary/aromatic N) is 1. The summed E-state index contributed by atoms with van der Waals surface area (Å²) in [6, 6.07) is 7.28. The normalized spacial score (nSPS) is 9.59. The lowest BCUT2D eigenvalue weighted by molar-refractivity contribution is -0.136. The molecule has 0 bridgehead atoms. The molecule has 2 N–H and O–H groups in total. The quantitative estimate of drug-likeness (QED) is 0.763. The highest BCUT2D eigenvalue weighted by Crippen LogP contribution is 2.16. The van der Waals surface area contributed by atoms with Crippen LogP contribution in [0.2, 0.25) is 0 Å². The van der Waals surface area contributed by atoms with Gasteiger partial charge in [-0.05, 0) is 25.1 Å². The first-order chi connectivity index (χ1) is 8.04. The first-order valence-corrected chi connectivity index (χ1v) is 5.41. The molecule has 92 valence electrons. The van der Waals surface area contributed by atoms with E-state index in [-0.39, 0.29) is 0 Å². The van der Waals surface area contributed by atoms with Gasteiger partial charge in [-0.3, -0.25) is 9.59 Å². The number of amides is 2. The van der Waals surface area contributed by atoms with Crippen LogP contribution in [0.3, 0.4) is 0 Å². The molecule has 0 atom stereocenters. The average Bonchev–Trinajstić information content (AvgIpc) is 2.29. The molecule has 0 aliphatic heterocycles. The first-order valence-electron chi connectivity index (χ1n) is 5.41. The smallest absolute Gasteiger partial charge is 0.313 e. The Balaban J connectivity index is 2.71. The van der Waals surface area contributed by atoms with E-state index >= 15 is 0 Å². The predicted molar refractivity (Wildman–Crippen MR) is 68.1 cm³/mol. The molecular formula is C12H17N3O2. The van der Waals surface area contributed by atoms with Crippen molar-refractivity contribution in [2.75, 3.05) is 30.9 Å². The molecular weight excluding hydrogens is 218 g/mol. The molecule has 5 heteroatoms. The van der Waals surface area contributed by atoms with Gasteiger partial charge in [0.1, 0.15) is 0 Å². The standard InChI is InChI=1S/C12H17N3O2/c1-4-13-11(16)12(17)14-9-6-5-7-10(8-9)15(2)3/h5-8H,4H2,1-3H3,(H,13,16)(H,14,17). The molecule has 0 aliphatic carbocycles. The van der Waals surface area contributed by atoms with Gasteiger partial charge in [0.15, 0.2) is 0 Å². The number of likely N-dealkylation sites (N-methyl/N-ethyl adjacent to an activating group) is 1. The van der Waals surface area contributed by atoms with Gasteiger partial charge < -0.3 is 15.5 Å². The maximum absolute atomic E-state index is 11.4. The van der Waals surface area contributed by atoms with Crippen LogP contribution in [0.5, 0.6) is 0 Å². The van der Waals surface area contributed by atoms with Crippen molar-refractivity contribution >= 4 is 23.2 Å². The van der Waals surface area contributed by atoms with E-state index in [9.17, 15) is 9.59 Å². The summed E-state index contributed by atoms with van der Waals surface area (Å²) in [5, 5.41) is 4.99. The maximum Gasteiger partial charge on any atom is 0.313 e. The Morgan fingerprint density at radius 3 is 2.53 bits per heavy atom. The van der Waals surface area contributed by atoms with E-state index in [1.54, 1.807) is 19.1 Å². The topological polar surface area (TPSA) is 61.4 Å². The Morgan fingerprint density at radius 1 is 1.24 bits per heavy atom. The molecule has 0 spiro atoms. The molecule has 17 heavy (non-hydrogen) atoms. The lowest BCUT2D eigenvalue weighted by atomic mass is 10.2. The monoisotopic (exact) mass is 235 g/mol. The summed E-state index contributed by atoms with van der Waals surface area (Å²) in [6.45, 7) is 2.20. The summed E-state index contributed by atoms with van der Waals surface area (Å²) >= 11 is 0. The van der Waals surface area contributed by atoms with Crippen molar-refractivity contribution in [2.45, 2.75) is 6.92 Å². The number of hydrogen-bond donors (Lipinski definition) is 2. The van der Waals surface area contributed by atoms with Crippen molar-refractivity contribution in [1.82, 2.24) is 5.32 Å². The number of anilines is 2. The van der Waals surface area contributed by atoms with Gasteiger partial charge >= 0.3 is 11.8 Å². The fourth-order valence-electron chi connectivity index (χ4n) is 1.29. The number of rotatable bonds is 3. The van der Waals surface area contributed by atoms with Gasteiger partial charge in [0.05, 0.1) is 0 Å². The van der Waals surface area contributed by atoms with Crippen LogP contribution in [-0.4, -0.2) is 32.5 Å². The second-order valence-electron chi connectivity index (χ2n) is 3.76. The van der Waals surface area contributed by atoms with Gasteiger partial charge in [0, 0.05) is 32.0 Å². The summed E-state index contributed by atoms with van der Waals surface area (Å²) < 4.78 is 0. The van der Waals surface area contributed by atoms with Crippen molar-refractivity contribution in [3.63, 3.8) is 0 Å². The Bertz CT molecular complexity index is 416. The number of carbonyl (C=O) groups excluding carboxylic acids is 2. The van der Waals surface area contributed by atoms with Crippen LogP contribution in [0.1, 0.15) is 6.92 Å².